The highest BCUT2D eigenvalue weighted by molar-refractivity contribution is 6.00. The number of aromatic nitrogens is 1. The first-order valence-corrected chi connectivity index (χ1v) is 6.69. The number of pyridine rings is 1. The van der Waals surface area contributed by atoms with Crippen molar-refractivity contribution in [3.05, 3.63) is 24.0 Å². The molecule has 5 nitrogen and oxygen atoms in total. The Kier molecular flexibility index (Phi) is 6.29. The highest BCUT2D eigenvalue weighted by Gasteiger charge is 2.19. The van der Waals surface area contributed by atoms with Gasteiger partial charge in [0.05, 0.1) is 18.5 Å². The lowest BCUT2D eigenvalue weighted by Crippen LogP contribution is -2.38. The van der Waals surface area contributed by atoms with Crippen LogP contribution in [0.5, 0.6) is 0 Å². The van der Waals surface area contributed by atoms with Gasteiger partial charge in [0.2, 0.25) is 0 Å². The number of ether oxygens (including phenoxy) is 1. The van der Waals surface area contributed by atoms with E-state index in [1.54, 1.807) is 25.6 Å². The van der Waals surface area contributed by atoms with Crippen LogP contribution in [0.1, 0.15) is 32.3 Å². The first-order chi connectivity index (χ1) is 9.15. The fourth-order valence-corrected chi connectivity index (χ4v) is 2.26. The normalized spacial score (nSPS) is 10.7. The van der Waals surface area contributed by atoms with Gasteiger partial charge in [0.1, 0.15) is 5.84 Å². The Labute approximate surface area is 115 Å². The van der Waals surface area contributed by atoms with Crippen LogP contribution in [0.2, 0.25) is 0 Å². The van der Waals surface area contributed by atoms with E-state index in [0.717, 1.165) is 30.6 Å². The number of nitrogens with zero attached hydrogens (tertiary/aromatic N) is 2. The van der Waals surface area contributed by atoms with Crippen molar-refractivity contribution in [3.63, 3.8) is 0 Å². The molecule has 0 saturated heterocycles. The summed E-state index contributed by atoms with van der Waals surface area (Å²) in [5.74, 6) is 0.0748. The van der Waals surface area contributed by atoms with E-state index in [9.17, 15) is 0 Å². The number of amidine groups is 1. The first kappa shape index (κ1) is 15.4. The van der Waals surface area contributed by atoms with Gasteiger partial charge in [-0.05, 0) is 18.9 Å². The molecule has 0 radical (unpaired) electrons. The van der Waals surface area contributed by atoms with Crippen LogP contribution in [0.25, 0.3) is 0 Å². The monoisotopic (exact) mass is 264 g/mol. The van der Waals surface area contributed by atoms with Crippen molar-refractivity contribution in [2.24, 2.45) is 5.73 Å². The van der Waals surface area contributed by atoms with E-state index >= 15 is 0 Å². The number of hydrogen-bond donors (Lipinski definition) is 2. The fourth-order valence-electron chi connectivity index (χ4n) is 2.26. The summed E-state index contributed by atoms with van der Waals surface area (Å²) in [7, 11) is 1.69. The third kappa shape index (κ3) is 3.92. The Morgan fingerprint density at radius 3 is 2.68 bits per heavy atom. The molecule has 0 aliphatic rings. The van der Waals surface area contributed by atoms with E-state index in [-0.39, 0.29) is 5.84 Å². The summed E-state index contributed by atoms with van der Waals surface area (Å²) in [6.45, 7) is 5.74. The summed E-state index contributed by atoms with van der Waals surface area (Å²) in [4.78, 5) is 6.42. The summed E-state index contributed by atoms with van der Waals surface area (Å²) in [6.07, 6.45) is 5.52. The van der Waals surface area contributed by atoms with Crippen LogP contribution < -0.4 is 10.6 Å². The van der Waals surface area contributed by atoms with Crippen LogP contribution in [0.3, 0.4) is 0 Å². The smallest absolute Gasteiger partial charge is 0.125 e. The molecule has 0 unspecified atom stereocenters. The second-order valence-corrected chi connectivity index (χ2v) is 4.46. The second kappa shape index (κ2) is 7.74. The van der Waals surface area contributed by atoms with E-state index < -0.39 is 0 Å². The number of rotatable bonds is 8. The molecule has 5 heteroatoms. The van der Waals surface area contributed by atoms with Gasteiger partial charge in [-0.15, -0.1) is 0 Å². The lowest BCUT2D eigenvalue weighted by Gasteiger charge is -2.33. The van der Waals surface area contributed by atoms with Crippen LogP contribution in [-0.2, 0) is 4.74 Å². The Morgan fingerprint density at radius 1 is 1.47 bits per heavy atom. The maximum Gasteiger partial charge on any atom is 0.125 e. The zero-order valence-electron chi connectivity index (χ0n) is 12.0. The molecule has 1 aromatic heterocycles. The topological polar surface area (TPSA) is 75.2 Å². The molecule has 3 N–H and O–H groups in total. The summed E-state index contributed by atoms with van der Waals surface area (Å²) >= 11 is 0. The molecule has 0 spiro atoms. The van der Waals surface area contributed by atoms with Gasteiger partial charge in [0.15, 0.2) is 0 Å². The fraction of sp³-hybridized carbons (Fsp3) is 0.571. The highest BCUT2D eigenvalue weighted by atomic mass is 16.5. The minimum absolute atomic E-state index is 0.0748. The molecule has 1 aromatic rings. The summed E-state index contributed by atoms with van der Waals surface area (Å²) < 4.78 is 5.19. The third-order valence-corrected chi connectivity index (χ3v) is 3.32. The number of nitrogens with two attached hydrogens (primary N) is 1. The quantitative estimate of drug-likeness (QED) is 0.556. The number of anilines is 1. The Morgan fingerprint density at radius 2 is 2.16 bits per heavy atom. The SMILES string of the molecule is CCC(CC)N(CCOC)c1cnccc1C(=N)N. The van der Waals surface area contributed by atoms with Gasteiger partial charge in [-0.2, -0.15) is 0 Å². The molecule has 1 heterocycles. The lowest BCUT2D eigenvalue weighted by molar-refractivity contribution is 0.202. The van der Waals surface area contributed by atoms with Crippen molar-refractivity contribution in [1.29, 1.82) is 5.41 Å². The van der Waals surface area contributed by atoms with Crippen LogP contribution in [0.4, 0.5) is 5.69 Å². The van der Waals surface area contributed by atoms with Crippen molar-refractivity contribution in [2.75, 3.05) is 25.2 Å². The zero-order valence-corrected chi connectivity index (χ0v) is 12.0. The molecule has 0 aliphatic heterocycles. The first-order valence-electron chi connectivity index (χ1n) is 6.69. The molecule has 0 aromatic carbocycles. The predicted octanol–water partition coefficient (Wildman–Crippen LogP) is 2.01. The summed E-state index contributed by atoms with van der Waals surface area (Å²) in [5.41, 5.74) is 7.31. The maximum atomic E-state index is 7.69. The molecule has 0 aliphatic carbocycles. The molecule has 0 amide bonds. The van der Waals surface area contributed by atoms with Gasteiger partial charge in [-0.25, -0.2) is 0 Å². The Hall–Kier alpha value is -1.62. The van der Waals surface area contributed by atoms with Crippen LogP contribution >= 0.6 is 0 Å². The average Bonchev–Trinajstić information content (AvgIpc) is 2.43. The van der Waals surface area contributed by atoms with Crippen molar-refractivity contribution >= 4 is 11.5 Å². The average molecular weight is 264 g/mol. The molecule has 0 bridgehead atoms. The van der Waals surface area contributed by atoms with Gasteiger partial charge in [-0.1, -0.05) is 13.8 Å². The number of hydrogen-bond acceptors (Lipinski definition) is 4. The second-order valence-electron chi connectivity index (χ2n) is 4.46. The predicted molar refractivity (Wildman–Crippen MR) is 78.8 cm³/mol. The van der Waals surface area contributed by atoms with Gasteiger partial charge in [0.25, 0.3) is 0 Å². The van der Waals surface area contributed by atoms with Crippen molar-refractivity contribution in [2.45, 2.75) is 32.7 Å². The van der Waals surface area contributed by atoms with E-state index in [2.05, 4.69) is 23.7 Å². The molecular weight excluding hydrogens is 240 g/mol. The summed E-state index contributed by atoms with van der Waals surface area (Å²) in [5, 5.41) is 7.69. The Balaban J connectivity index is 3.12. The molecule has 19 heavy (non-hydrogen) atoms. The van der Waals surface area contributed by atoms with Crippen molar-refractivity contribution < 1.29 is 4.74 Å². The van der Waals surface area contributed by atoms with E-state index in [4.69, 9.17) is 15.9 Å². The van der Waals surface area contributed by atoms with Crippen molar-refractivity contribution in [3.8, 4) is 0 Å². The van der Waals surface area contributed by atoms with Gasteiger partial charge in [0, 0.05) is 31.5 Å². The van der Waals surface area contributed by atoms with Crippen molar-refractivity contribution in [1.82, 2.24) is 4.98 Å². The third-order valence-electron chi connectivity index (χ3n) is 3.32. The van der Waals surface area contributed by atoms with Gasteiger partial charge < -0.3 is 15.4 Å². The molecule has 0 saturated carbocycles. The summed E-state index contributed by atoms with van der Waals surface area (Å²) in [6, 6.07) is 2.19. The Bertz CT molecular complexity index is 404. The number of nitrogens with one attached hydrogen (secondary N) is 1. The minimum atomic E-state index is 0.0748. The molecule has 0 atom stereocenters. The molecular formula is C14H24N4O. The largest absolute Gasteiger partial charge is 0.384 e. The van der Waals surface area contributed by atoms with Crippen LogP contribution in [0, 0.1) is 5.41 Å². The molecule has 106 valence electrons. The zero-order chi connectivity index (χ0) is 14.3. The van der Waals surface area contributed by atoms with Crippen LogP contribution in [0.15, 0.2) is 18.5 Å². The molecule has 0 fully saturated rings. The van der Waals surface area contributed by atoms with E-state index in [1.165, 1.54) is 0 Å². The highest BCUT2D eigenvalue weighted by Crippen LogP contribution is 2.23. The number of nitrogen functional groups attached to an aromatic ring is 1. The minimum Gasteiger partial charge on any atom is -0.384 e. The van der Waals surface area contributed by atoms with E-state index in [1.807, 2.05) is 0 Å². The van der Waals surface area contributed by atoms with Gasteiger partial charge >= 0.3 is 0 Å². The number of methoxy groups -OCH3 is 1. The lowest BCUT2D eigenvalue weighted by atomic mass is 10.1. The maximum absolute atomic E-state index is 7.69. The van der Waals surface area contributed by atoms with Crippen LogP contribution in [-0.4, -0.2) is 37.1 Å². The van der Waals surface area contributed by atoms with Gasteiger partial charge in [-0.3, -0.25) is 10.4 Å². The van der Waals surface area contributed by atoms with E-state index in [0.29, 0.717) is 12.6 Å². The molecule has 1 rings (SSSR count). The standard InChI is InChI=1S/C14H24N4O/c1-4-11(5-2)18(8-9-19-3)13-10-17-7-6-12(13)14(15)16/h6-7,10-11H,4-5,8-9H2,1-3H3,(H3,15,16).